The molecule has 0 amide bonds. The summed E-state index contributed by atoms with van der Waals surface area (Å²) in [5.74, 6) is 0. The minimum absolute atomic E-state index is 0.417. The predicted molar refractivity (Wildman–Crippen MR) is 57.3 cm³/mol. The number of hydrogen-bond acceptors (Lipinski definition) is 0. The Morgan fingerprint density at radius 1 is 1.17 bits per heavy atom. The highest BCUT2D eigenvalue weighted by Crippen LogP contribution is 2.28. The largest absolute Gasteiger partial charge is 0.103 e. The Morgan fingerprint density at radius 2 is 1.50 bits per heavy atom. The van der Waals surface area contributed by atoms with Gasteiger partial charge in [0.15, 0.2) is 0 Å². The average Bonchev–Trinajstić information content (AvgIpc) is 2.02. The summed E-state index contributed by atoms with van der Waals surface area (Å²) in [6, 6.07) is 5.13. The third kappa shape index (κ3) is 4.01. The van der Waals surface area contributed by atoms with E-state index in [1.165, 1.54) is 0 Å². The molecular weight excluding hydrogens is 214 g/mol. The van der Waals surface area contributed by atoms with Gasteiger partial charge in [0.2, 0.25) is 0 Å². The van der Waals surface area contributed by atoms with Crippen LogP contribution in [-0.4, -0.2) is 0 Å². The zero-order valence-electron chi connectivity index (χ0n) is 6.65. The summed E-state index contributed by atoms with van der Waals surface area (Å²) in [6.07, 6.45) is 1.75. The van der Waals surface area contributed by atoms with Crippen molar-refractivity contribution in [2.45, 2.75) is 6.92 Å². The zero-order valence-corrected chi connectivity index (χ0v) is 8.92. The fourth-order valence-corrected chi connectivity index (χ4v) is 1.00. The first-order valence-corrected chi connectivity index (χ1v) is 4.43. The van der Waals surface area contributed by atoms with Crippen LogP contribution in [0.5, 0.6) is 0 Å². The van der Waals surface area contributed by atoms with Crippen molar-refractivity contribution in [3.8, 4) is 0 Å². The molecule has 0 fully saturated rings. The van der Waals surface area contributed by atoms with Crippen molar-refractivity contribution in [1.29, 1.82) is 0 Å². The molecule has 3 heteroatoms. The van der Waals surface area contributed by atoms with Crippen molar-refractivity contribution in [3.05, 3.63) is 45.9 Å². The van der Waals surface area contributed by atoms with E-state index in [2.05, 4.69) is 6.58 Å². The van der Waals surface area contributed by atoms with Gasteiger partial charge in [-0.15, -0.1) is 6.58 Å². The molecule has 1 rings (SSSR count). The lowest BCUT2D eigenvalue weighted by atomic mass is 10.4. The molecule has 0 saturated heterocycles. The normalized spacial score (nSPS) is 8.33. The van der Waals surface area contributed by atoms with Crippen molar-refractivity contribution in [3.63, 3.8) is 0 Å². The van der Waals surface area contributed by atoms with Gasteiger partial charge in [0.25, 0.3) is 0 Å². The molecule has 0 radical (unpaired) electrons. The molecule has 0 bridgehead atoms. The van der Waals surface area contributed by atoms with Crippen LogP contribution in [0.2, 0.25) is 15.1 Å². The predicted octanol–water partition coefficient (Wildman–Crippen LogP) is 4.84. The highest BCUT2D eigenvalue weighted by molar-refractivity contribution is 6.47. The minimum atomic E-state index is 0.417. The number of rotatable bonds is 0. The summed E-state index contributed by atoms with van der Waals surface area (Å²) in [5, 5.41) is 1.40. The van der Waals surface area contributed by atoms with Crippen LogP contribution < -0.4 is 0 Å². The summed E-state index contributed by atoms with van der Waals surface area (Å²) in [6.45, 7) is 5.25. The van der Waals surface area contributed by atoms with Crippen LogP contribution in [-0.2, 0) is 0 Å². The van der Waals surface area contributed by atoms with E-state index in [-0.39, 0.29) is 0 Å². The maximum absolute atomic E-state index is 5.61. The Bertz CT molecular complexity index is 236. The highest BCUT2D eigenvalue weighted by atomic mass is 35.5. The molecule has 0 saturated carbocycles. The first-order chi connectivity index (χ1) is 5.63. The van der Waals surface area contributed by atoms with Crippen LogP contribution in [0.4, 0.5) is 0 Å². The number of halogens is 3. The molecule has 1 aromatic rings. The minimum Gasteiger partial charge on any atom is -0.103 e. The van der Waals surface area contributed by atoms with Gasteiger partial charge in [-0.1, -0.05) is 46.9 Å². The molecule has 0 aliphatic rings. The molecule has 12 heavy (non-hydrogen) atoms. The van der Waals surface area contributed by atoms with Gasteiger partial charge in [0, 0.05) is 0 Å². The van der Waals surface area contributed by atoms with E-state index in [9.17, 15) is 0 Å². The molecule has 0 atom stereocenters. The molecule has 0 aliphatic carbocycles. The standard InChI is InChI=1S/C6H3Cl3.C3H6/c7-4-2-1-3-5(8)6(4)9;1-3-2/h1-3H;3H,1H2,2H3. The molecule has 0 spiro atoms. The van der Waals surface area contributed by atoms with E-state index in [0.29, 0.717) is 15.1 Å². The fourth-order valence-electron chi connectivity index (χ4n) is 0.477. The first-order valence-electron chi connectivity index (χ1n) is 3.30. The average molecular weight is 224 g/mol. The van der Waals surface area contributed by atoms with E-state index in [0.717, 1.165) is 0 Å². The Balaban J connectivity index is 0.000000354. The lowest BCUT2D eigenvalue weighted by Crippen LogP contribution is -1.67. The number of allylic oxidation sites excluding steroid dienone is 1. The highest BCUT2D eigenvalue weighted by Gasteiger charge is 1.98. The van der Waals surface area contributed by atoms with Gasteiger partial charge in [-0.2, -0.15) is 0 Å². The summed E-state index contributed by atoms with van der Waals surface area (Å²) < 4.78 is 0. The second kappa shape index (κ2) is 6.36. The van der Waals surface area contributed by atoms with Crippen LogP contribution in [0.25, 0.3) is 0 Å². The van der Waals surface area contributed by atoms with Gasteiger partial charge in [-0.25, -0.2) is 0 Å². The van der Waals surface area contributed by atoms with Crippen molar-refractivity contribution < 1.29 is 0 Å². The molecule has 0 unspecified atom stereocenters. The van der Waals surface area contributed by atoms with Crippen molar-refractivity contribution >= 4 is 34.8 Å². The van der Waals surface area contributed by atoms with Gasteiger partial charge in [0.05, 0.1) is 15.1 Å². The number of hydrogen-bond donors (Lipinski definition) is 0. The molecule has 0 aromatic heterocycles. The number of benzene rings is 1. The van der Waals surface area contributed by atoms with Crippen LogP contribution in [0, 0.1) is 0 Å². The maximum Gasteiger partial charge on any atom is 0.0778 e. The Morgan fingerprint density at radius 3 is 1.75 bits per heavy atom. The van der Waals surface area contributed by atoms with E-state index >= 15 is 0 Å². The summed E-state index contributed by atoms with van der Waals surface area (Å²) in [7, 11) is 0. The maximum atomic E-state index is 5.61. The molecule has 1 aromatic carbocycles. The summed E-state index contributed by atoms with van der Waals surface area (Å²) in [5.41, 5.74) is 0. The van der Waals surface area contributed by atoms with E-state index in [1.54, 1.807) is 24.3 Å². The van der Waals surface area contributed by atoms with Gasteiger partial charge < -0.3 is 0 Å². The zero-order chi connectivity index (χ0) is 9.56. The fraction of sp³-hybridized carbons (Fsp3) is 0.111. The lowest BCUT2D eigenvalue weighted by Gasteiger charge is -1.94. The Labute approximate surface area is 87.8 Å². The molecule has 66 valence electrons. The third-order valence-corrected chi connectivity index (χ3v) is 2.14. The molecule has 0 heterocycles. The summed E-state index contributed by atoms with van der Waals surface area (Å²) >= 11 is 16.8. The molecule has 0 aliphatic heterocycles. The van der Waals surface area contributed by atoms with Gasteiger partial charge in [0.1, 0.15) is 0 Å². The Kier molecular flexibility index (Phi) is 6.27. The van der Waals surface area contributed by atoms with E-state index < -0.39 is 0 Å². The smallest absolute Gasteiger partial charge is 0.0778 e. The van der Waals surface area contributed by atoms with Gasteiger partial charge >= 0.3 is 0 Å². The van der Waals surface area contributed by atoms with Crippen LogP contribution >= 0.6 is 34.8 Å². The monoisotopic (exact) mass is 222 g/mol. The quantitative estimate of drug-likeness (QED) is 0.436. The topological polar surface area (TPSA) is 0 Å². The molecule has 0 N–H and O–H groups in total. The van der Waals surface area contributed by atoms with Crippen molar-refractivity contribution in [2.75, 3.05) is 0 Å². The first kappa shape index (κ1) is 11.8. The van der Waals surface area contributed by atoms with Crippen molar-refractivity contribution in [1.82, 2.24) is 0 Å². The van der Waals surface area contributed by atoms with E-state index in [4.69, 9.17) is 34.8 Å². The third-order valence-electron chi connectivity index (χ3n) is 0.904. The second-order valence-corrected chi connectivity index (χ2v) is 3.14. The van der Waals surface area contributed by atoms with E-state index in [1.807, 2.05) is 6.92 Å². The van der Waals surface area contributed by atoms with Crippen LogP contribution in [0.3, 0.4) is 0 Å². The molecule has 0 nitrogen and oxygen atoms in total. The lowest BCUT2D eigenvalue weighted by molar-refractivity contribution is 1.70. The molecular formula is C9H9Cl3. The summed E-state index contributed by atoms with van der Waals surface area (Å²) in [4.78, 5) is 0. The van der Waals surface area contributed by atoms with Crippen LogP contribution in [0.1, 0.15) is 6.92 Å². The Hall–Kier alpha value is -0.170. The SMILES string of the molecule is C=CC.Clc1cccc(Cl)c1Cl. The van der Waals surface area contributed by atoms with Gasteiger partial charge in [-0.05, 0) is 19.1 Å². The van der Waals surface area contributed by atoms with Crippen LogP contribution in [0.15, 0.2) is 30.9 Å². The second-order valence-electron chi connectivity index (χ2n) is 1.94. The van der Waals surface area contributed by atoms with Gasteiger partial charge in [-0.3, -0.25) is 0 Å². The van der Waals surface area contributed by atoms with Crippen molar-refractivity contribution in [2.24, 2.45) is 0 Å².